The summed E-state index contributed by atoms with van der Waals surface area (Å²) in [7, 11) is 1.84. The van der Waals surface area contributed by atoms with Crippen LogP contribution in [0.5, 0.6) is 0 Å². The van der Waals surface area contributed by atoms with Gasteiger partial charge in [-0.05, 0) is 78.9 Å². The number of nitrogens with zero attached hydrogens (tertiary/aromatic N) is 1. The molecular weight excluding hydrogens is 560 g/mol. The summed E-state index contributed by atoms with van der Waals surface area (Å²) in [6.07, 6.45) is 1.05. The molecule has 1 saturated heterocycles. The lowest BCUT2D eigenvalue weighted by molar-refractivity contribution is -0.142. The number of urea groups is 1. The summed E-state index contributed by atoms with van der Waals surface area (Å²) < 4.78 is 0. The molecule has 0 aliphatic carbocycles. The van der Waals surface area contributed by atoms with Crippen LogP contribution in [0.3, 0.4) is 0 Å². The molecular formula is C31H33ClN4O6. The van der Waals surface area contributed by atoms with Gasteiger partial charge >= 0.3 is 18.0 Å². The molecule has 11 heteroatoms. The van der Waals surface area contributed by atoms with Gasteiger partial charge in [0.15, 0.2) is 0 Å². The standard InChI is InChI=1S/C31H33ClN4O6/c1-36-18-22(21-7-11-24(12-8-21)33-31(42)34-25-13-9-23(32)10-14-25)17-27(36)29(39)35-26(30(40)41)16-20-4-2-19(3-5-20)6-15-28(37)38/h2-5,7-14,22,26-27H,6,15-18H2,1H3,(H,35,39)(H,37,38)(H,40,41)(H2,33,34,42). The van der Waals surface area contributed by atoms with Crippen LogP contribution in [-0.2, 0) is 27.2 Å². The van der Waals surface area contributed by atoms with E-state index in [0.717, 1.165) is 16.7 Å². The molecule has 3 atom stereocenters. The van der Waals surface area contributed by atoms with Gasteiger partial charge in [0.25, 0.3) is 0 Å². The number of carboxylic acids is 2. The fraction of sp³-hybridized carbons (Fsp3) is 0.290. The van der Waals surface area contributed by atoms with E-state index >= 15 is 0 Å². The Balaban J connectivity index is 1.30. The number of hydrogen-bond acceptors (Lipinski definition) is 5. The quantitative estimate of drug-likeness (QED) is 0.218. The molecule has 3 aromatic carbocycles. The summed E-state index contributed by atoms with van der Waals surface area (Å²) in [5.74, 6) is -2.29. The fourth-order valence-corrected chi connectivity index (χ4v) is 5.14. The van der Waals surface area contributed by atoms with Gasteiger partial charge in [-0.25, -0.2) is 9.59 Å². The van der Waals surface area contributed by atoms with Gasteiger partial charge in [0.2, 0.25) is 5.91 Å². The first-order valence-corrected chi connectivity index (χ1v) is 13.9. The largest absolute Gasteiger partial charge is 0.481 e. The van der Waals surface area contributed by atoms with Crippen molar-refractivity contribution in [3.63, 3.8) is 0 Å². The molecule has 220 valence electrons. The van der Waals surface area contributed by atoms with Gasteiger partial charge < -0.3 is 26.2 Å². The number of benzene rings is 3. The van der Waals surface area contributed by atoms with E-state index in [9.17, 15) is 24.3 Å². The molecule has 3 aromatic rings. The molecule has 3 unspecified atom stereocenters. The Bertz CT molecular complexity index is 1410. The van der Waals surface area contributed by atoms with Gasteiger partial charge in [-0.1, -0.05) is 48.0 Å². The van der Waals surface area contributed by atoms with Crippen LogP contribution < -0.4 is 16.0 Å². The zero-order valence-corrected chi connectivity index (χ0v) is 23.8. The van der Waals surface area contributed by atoms with Crippen molar-refractivity contribution in [2.45, 2.75) is 43.7 Å². The summed E-state index contributed by atoms with van der Waals surface area (Å²) in [6, 6.07) is 19.3. The molecule has 42 heavy (non-hydrogen) atoms. The molecule has 0 radical (unpaired) electrons. The van der Waals surface area contributed by atoms with Crippen molar-refractivity contribution < 1.29 is 29.4 Å². The van der Waals surface area contributed by atoms with Gasteiger partial charge in [0, 0.05) is 35.8 Å². The third kappa shape index (κ3) is 8.55. The summed E-state index contributed by atoms with van der Waals surface area (Å²) in [6.45, 7) is 0.622. The number of halogens is 1. The van der Waals surface area contributed by atoms with E-state index in [0.29, 0.717) is 35.8 Å². The lowest BCUT2D eigenvalue weighted by Crippen LogP contribution is -2.49. The molecule has 1 aliphatic rings. The predicted molar refractivity (Wildman–Crippen MR) is 160 cm³/mol. The van der Waals surface area contributed by atoms with E-state index in [1.807, 2.05) is 24.1 Å². The first kappa shape index (κ1) is 30.5. The van der Waals surface area contributed by atoms with Crippen molar-refractivity contribution in [2.24, 2.45) is 0 Å². The Morgan fingerprint density at radius 2 is 1.45 bits per heavy atom. The molecule has 0 bridgehead atoms. The number of amides is 3. The molecule has 0 spiro atoms. The lowest BCUT2D eigenvalue weighted by atomic mass is 9.95. The van der Waals surface area contributed by atoms with E-state index in [2.05, 4.69) is 16.0 Å². The minimum absolute atomic E-state index is 0.0202. The van der Waals surface area contributed by atoms with E-state index in [4.69, 9.17) is 16.7 Å². The summed E-state index contributed by atoms with van der Waals surface area (Å²) >= 11 is 5.88. The second-order valence-corrected chi connectivity index (χ2v) is 10.8. The number of aryl methyl sites for hydroxylation is 1. The highest BCUT2D eigenvalue weighted by molar-refractivity contribution is 6.30. The van der Waals surface area contributed by atoms with Crippen LogP contribution in [0.4, 0.5) is 16.2 Å². The molecule has 0 aromatic heterocycles. The minimum Gasteiger partial charge on any atom is -0.481 e. The highest BCUT2D eigenvalue weighted by Gasteiger charge is 2.36. The number of rotatable bonds is 11. The number of aliphatic carboxylic acids is 2. The molecule has 0 saturated carbocycles. The number of carbonyl (C=O) groups excluding carboxylic acids is 2. The zero-order chi connectivity index (χ0) is 30.2. The Hall–Kier alpha value is -4.41. The lowest BCUT2D eigenvalue weighted by Gasteiger charge is -2.22. The van der Waals surface area contributed by atoms with E-state index in [-0.39, 0.29) is 30.7 Å². The Morgan fingerprint density at radius 1 is 0.881 bits per heavy atom. The second-order valence-electron chi connectivity index (χ2n) is 10.4. The van der Waals surface area contributed by atoms with Crippen molar-refractivity contribution in [2.75, 3.05) is 24.2 Å². The highest BCUT2D eigenvalue weighted by Crippen LogP contribution is 2.31. The van der Waals surface area contributed by atoms with Crippen LogP contribution >= 0.6 is 11.6 Å². The third-order valence-electron chi connectivity index (χ3n) is 7.30. The van der Waals surface area contributed by atoms with E-state index < -0.39 is 24.0 Å². The summed E-state index contributed by atoms with van der Waals surface area (Å²) in [5, 5.41) is 27.4. The maximum Gasteiger partial charge on any atom is 0.326 e. The van der Waals surface area contributed by atoms with E-state index in [1.54, 1.807) is 60.7 Å². The van der Waals surface area contributed by atoms with Crippen LogP contribution in [0, 0.1) is 0 Å². The summed E-state index contributed by atoms with van der Waals surface area (Å²) in [5.41, 5.74) is 3.82. The van der Waals surface area contributed by atoms with Crippen molar-refractivity contribution in [3.05, 3.63) is 94.5 Å². The number of nitrogens with one attached hydrogen (secondary N) is 3. The Morgan fingerprint density at radius 3 is 2.02 bits per heavy atom. The molecule has 10 nitrogen and oxygen atoms in total. The van der Waals surface area contributed by atoms with Crippen molar-refractivity contribution >= 4 is 46.9 Å². The predicted octanol–water partition coefficient (Wildman–Crippen LogP) is 4.60. The first-order valence-electron chi connectivity index (χ1n) is 13.5. The average Bonchev–Trinajstić information content (AvgIpc) is 3.35. The normalized spacial score (nSPS) is 17.3. The number of likely N-dealkylation sites (N-methyl/N-ethyl adjacent to an activating group) is 1. The van der Waals surface area contributed by atoms with Gasteiger partial charge in [-0.15, -0.1) is 0 Å². The maximum atomic E-state index is 13.2. The SMILES string of the molecule is CN1CC(c2ccc(NC(=O)Nc3ccc(Cl)cc3)cc2)CC1C(=O)NC(Cc1ccc(CCC(=O)O)cc1)C(=O)O. The fourth-order valence-electron chi connectivity index (χ4n) is 5.01. The molecule has 1 aliphatic heterocycles. The van der Waals surface area contributed by atoms with Crippen LogP contribution in [0.1, 0.15) is 35.4 Å². The van der Waals surface area contributed by atoms with Gasteiger partial charge in [-0.3, -0.25) is 14.5 Å². The van der Waals surface area contributed by atoms with Crippen LogP contribution in [0.2, 0.25) is 5.02 Å². The molecule has 4 rings (SSSR count). The summed E-state index contributed by atoms with van der Waals surface area (Å²) in [4.78, 5) is 50.1. The average molecular weight is 593 g/mol. The monoisotopic (exact) mass is 592 g/mol. The Labute approximate surface area is 248 Å². The van der Waals surface area contributed by atoms with Gasteiger partial charge in [0.1, 0.15) is 6.04 Å². The van der Waals surface area contributed by atoms with Crippen molar-refractivity contribution in [1.82, 2.24) is 10.2 Å². The number of likely N-dealkylation sites (tertiary alicyclic amines) is 1. The smallest absolute Gasteiger partial charge is 0.326 e. The topological polar surface area (TPSA) is 148 Å². The Kier molecular flexibility index (Phi) is 10.2. The third-order valence-corrected chi connectivity index (χ3v) is 7.55. The molecule has 1 heterocycles. The highest BCUT2D eigenvalue weighted by atomic mass is 35.5. The number of carbonyl (C=O) groups is 4. The van der Waals surface area contributed by atoms with Crippen molar-refractivity contribution in [3.8, 4) is 0 Å². The number of carboxylic acid groups (broad SMARTS) is 2. The van der Waals surface area contributed by atoms with Crippen LogP contribution in [0.15, 0.2) is 72.8 Å². The maximum absolute atomic E-state index is 13.2. The molecule has 5 N–H and O–H groups in total. The van der Waals surface area contributed by atoms with Crippen LogP contribution in [-0.4, -0.2) is 64.7 Å². The van der Waals surface area contributed by atoms with Gasteiger partial charge in [-0.2, -0.15) is 0 Å². The molecule has 1 fully saturated rings. The second kappa shape index (κ2) is 14.0. The van der Waals surface area contributed by atoms with Gasteiger partial charge in [0.05, 0.1) is 6.04 Å². The van der Waals surface area contributed by atoms with E-state index in [1.165, 1.54) is 0 Å². The minimum atomic E-state index is -1.13. The van der Waals surface area contributed by atoms with Crippen LogP contribution in [0.25, 0.3) is 0 Å². The van der Waals surface area contributed by atoms with Crippen molar-refractivity contribution in [1.29, 1.82) is 0 Å². The first-order chi connectivity index (χ1) is 20.1. The number of anilines is 2. The molecule has 3 amide bonds. The zero-order valence-electron chi connectivity index (χ0n) is 23.0. The number of hydrogen-bond donors (Lipinski definition) is 5.